The maximum atomic E-state index is 12.2. The van der Waals surface area contributed by atoms with Crippen LogP contribution in [0.1, 0.15) is 21.5 Å². The number of nitrogens with one attached hydrogen (secondary N) is 1. The fourth-order valence-electron chi connectivity index (χ4n) is 1.70. The Labute approximate surface area is 130 Å². The van der Waals surface area contributed by atoms with Crippen molar-refractivity contribution in [2.24, 2.45) is 0 Å². The van der Waals surface area contributed by atoms with Gasteiger partial charge in [-0.1, -0.05) is 27.5 Å². The van der Waals surface area contributed by atoms with E-state index in [-0.39, 0.29) is 5.91 Å². The van der Waals surface area contributed by atoms with Crippen LogP contribution in [0.2, 0.25) is 5.02 Å². The molecule has 2 rings (SSSR count). The molecule has 0 saturated heterocycles. The van der Waals surface area contributed by atoms with Crippen molar-refractivity contribution in [3.05, 3.63) is 62.6 Å². The Kier molecular flexibility index (Phi) is 4.43. The molecule has 100 valence electrons. The van der Waals surface area contributed by atoms with Crippen molar-refractivity contribution in [2.45, 2.75) is 6.92 Å². The van der Waals surface area contributed by atoms with E-state index in [0.29, 0.717) is 21.8 Å². The first-order valence-corrected chi connectivity index (χ1v) is 6.95. The van der Waals surface area contributed by atoms with Gasteiger partial charge >= 0.3 is 0 Å². The normalized spacial score (nSPS) is 9.90. The Balaban J connectivity index is 2.30. The lowest BCUT2D eigenvalue weighted by molar-refractivity contribution is 0.102. The SMILES string of the molecule is Cc1cc(C(=O)Nc2cc(Cl)ccc2C#N)ccc1Br. The van der Waals surface area contributed by atoms with Crippen LogP contribution in [-0.2, 0) is 0 Å². The number of benzene rings is 2. The number of rotatable bonds is 2. The maximum Gasteiger partial charge on any atom is 0.255 e. The van der Waals surface area contributed by atoms with E-state index in [1.807, 2.05) is 19.1 Å². The minimum Gasteiger partial charge on any atom is -0.321 e. The van der Waals surface area contributed by atoms with Gasteiger partial charge in [-0.15, -0.1) is 0 Å². The summed E-state index contributed by atoms with van der Waals surface area (Å²) in [6.45, 7) is 1.90. The molecule has 0 atom stereocenters. The van der Waals surface area contributed by atoms with Crippen LogP contribution in [0.25, 0.3) is 0 Å². The molecule has 20 heavy (non-hydrogen) atoms. The highest BCUT2D eigenvalue weighted by Crippen LogP contribution is 2.22. The summed E-state index contributed by atoms with van der Waals surface area (Å²) in [5.41, 5.74) is 2.26. The van der Waals surface area contributed by atoms with E-state index in [1.165, 1.54) is 0 Å². The smallest absolute Gasteiger partial charge is 0.255 e. The number of aryl methyl sites for hydroxylation is 1. The van der Waals surface area contributed by atoms with Crippen LogP contribution in [0.5, 0.6) is 0 Å². The van der Waals surface area contributed by atoms with Crippen LogP contribution in [0.4, 0.5) is 5.69 Å². The zero-order valence-electron chi connectivity index (χ0n) is 10.6. The monoisotopic (exact) mass is 348 g/mol. The molecule has 0 bridgehead atoms. The first-order chi connectivity index (χ1) is 9.51. The number of anilines is 1. The van der Waals surface area contributed by atoms with Gasteiger partial charge in [-0.25, -0.2) is 0 Å². The van der Waals surface area contributed by atoms with E-state index in [9.17, 15) is 4.79 Å². The van der Waals surface area contributed by atoms with E-state index >= 15 is 0 Å². The summed E-state index contributed by atoms with van der Waals surface area (Å²) in [5, 5.41) is 12.2. The lowest BCUT2D eigenvalue weighted by Crippen LogP contribution is -2.13. The van der Waals surface area contributed by atoms with Crippen LogP contribution in [0, 0.1) is 18.3 Å². The molecule has 1 N–H and O–H groups in total. The Morgan fingerprint density at radius 3 is 2.70 bits per heavy atom. The van der Waals surface area contributed by atoms with Gasteiger partial charge < -0.3 is 5.32 Å². The number of hydrogen-bond donors (Lipinski definition) is 1. The summed E-state index contributed by atoms with van der Waals surface area (Å²) in [7, 11) is 0. The highest BCUT2D eigenvalue weighted by atomic mass is 79.9. The average Bonchev–Trinajstić information content (AvgIpc) is 2.42. The zero-order valence-corrected chi connectivity index (χ0v) is 12.9. The number of carbonyl (C=O) groups excluding carboxylic acids is 1. The molecule has 0 aromatic heterocycles. The van der Waals surface area contributed by atoms with Gasteiger partial charge in [-0.05, 0) is 48.9 Å². The Bertz CT molecular complexity index is 722. The number of nitriles is 1. The fraction of sp³-hybridized carbons (Fsp3) is 0.0667. The number of halogens is 2. The third-order valence-corrected chi connectivity index (χ3v) is 3.90. The van der Waals surface area contributed by atoms with E-state index in [2.05, 4.69) is 21.2 Å². The van der Waals surface area contributed by atoms with Gasteiger partial charge in [-0.3, -0.25) is 4.79 Å². The van der Waals surface area contributed by atoms with Crippen molar-refractivity contribution < 1.29 is 4.79 Å². The topological polar surface area (TPSA) is 52.9 Å². The van der Waals surface area contributed by atoms with Gasteiger partial charge in [0.2, 0.25) is 0 Å². The lowest BCUT2D eigenvalue weighted by atomic mass is 10.1. The molecule has 0 unspecified atom stereocenters. The van der Waals surface area contributed by atoms with Gasteiger partial charge in [0.05, 0.1) is 11.3 Å². The van der Waals surface area contributed by atoms with Crippen molar-refractivity contribution in [2.75, 3.05) is 5.32 Å². The molecular formula is C15H10BrClN2O. The third kappa shape index (κ3) is 3.19. The third-order valence-electron chi connectivity index (χ3n) is 2.77. The van der Waals surface area contributed by atoms with Crippen molar-refractivity contribution in [3.63, 3.8) is 0 Å². The van der Waals surface area contributed by atoms with E-state index in [1.54, 1.807) is 30.3 Å². The Morgan fingerprint density at radius 1 is 1.30 bits per heavy atom. The summed E-state index contributed by atoms with van der Waals surface area (Å²) in [5.74, 6) is -0.278. The predicted molar refractivity (Wildman–Crippen MR) is 83.0 cm³/mol. The standard InChI is InChI=1S/C15H10BrClN2O/c1-9-6-10(3-5-13(9)16)15(20)19-14-7-12(17)4-2-11(14)8-18/h2-7H,1H3,(H,19,20). The van der Waals surface area contributed by atoms with Crippen molar-refractivity contribution in [1.29, 1.82) is 5.26 Å². The molecule has 0 saturated carbocycles. The molecule has 0 fully saturated rings. The molecule has 0 spiro atoms. The van der Waals surface area contributed by atoms with Crippen molar-refractivity contribution >= 4 is 39.1 Å². The van der Waals surface area contributed by atoms with Crippen LogP contribution in [-0.4, -0.2) is 5.91 Å². The molecule has 3 nitrogen and oxygen atoms in total. The van der Waals surface area contributed by atoms with Crippen molar-refractivity contribution in [1.82, 2.24) is 0 Å². The summed E-state index contributed by atoms with van der Waals surface area (Å²) >= 11 is 9.27. The molecule has 2 aromatic rings. The highest BCUT2D eigenvalue weighted by molar-refractivity contribution is 9.10. The molecular weight excluding hydrogens is 340 g/mol. The van der Waals surface area contributed by atoms with E-state index in [0.717, 1.165) is 10.0 Å². The van der Waals surface area contributed by atoms with E-state index < -0.39 is 0 Å². The number of hydrogen-bond acceptors (Lipinski definition) is 2. The molecule has 0 heterocycles. The summed E-state index contributed by atoms with van der Waals surface area (Å²) in [4.78, 5) is 12.2. The molecule has 0 aliphatic rings. The quantitative estimate of drug-likeness (QED) is 0.865. The second-order valence-electron chi connectivity index (χ2n) is 4.22. The minimum absolute atomic E-state index is 0.278. The molecule has 1 amide bonds. The van der Waals surface area contributed by atoms with Crippen LogP contribution < -0.4 is 5.32 Å². The number of nitrogens with zero attached hydrogens (tertiary/aromatic N) is 1. The maximum absolute atomic E-state index is 12.2. The van der Waals surface area contributed by atoms with Gasteiger partial charge in [0.25, 0.3) is 5.91 Å². The van der Waals surface area contributed by atoms with Gasteiger partial charge in [0.15, 0.2) is 0 Å². The van der Waals surface area contributed by atoms with Crippen LogP contribution >= 0.6 is 27.5 Å². The van der Waals surface area contributed by atoms with Crippen LogP contribution in [0.15, 0.2) is 40.9 Å². The van der Waals surface area contributed by atoms with Gasteiger partial charge in [0.1, 0.15) is 6.07 Å². The zero-order chi connectivity index (χ0) is 14.7. The first-order valence-electron chi connectivity index (χ1n) is 5.78. The van der Waals surface area contributed by atoms with Crippen LogP contribution in [0.3, 0.4) is 0 Å². The minimum atomic E-state index is -0.278. The predicted octanol–water partition coefficient (Wildman–Crippen LogP) is 4.53. The number of carbonyl (C=O) groups is 1. The fourth-order valence-corrected chi connectivity index (χ4v) is 2.12. The second kappa shape index (κ2) is 6.08. The highest BCUT2D eigenvalue weighted by Gasteiger charge is 2.10. The van der Waals surface area contributed by atoms with Gasteiger partial charge in [-0.2, -0.15) is 5.26 Å². The lowest BCUT2D eigenvalue weighted by Gasteiger charge is -2.08. The average molecular weight is 350 g/mol. The number of amides is 1. The summed E-state index contributed by atoms with van der Waals surface area (Å²) in [6, 6.07) is 12.1. The molecule has 5 heteroatoms. The molecule has 2 aromatic carbocycles. The molecule has 0 radical (unpaired) electrons. The largest absolute Gasteiger partial charge is 0.321 e. The second-order valence-corrected chi connectivity index (χ2v) is 5.51. The first kappa shape index (κ1) is 14.6. The van der Waals surface area contributed by atoms with Crippen molar-refractivity contribution in [3.8, 4) is 6.07 Å². The Morgan fingerprint density at radius 2 is 2.05 bits per heavy atom. The van der Waals surface area contributed by atoms with E-state index in [4.69, 9.17) is 16.9 Å². The summed E-state index contributed by atoms with van der Waals surface area (Å²) < 4.78 is 0.939. The molecule has 0 aliphatic carbocycles. The molecule has 0 aliphatic heterocycles. The summed E-state index contributed by atoms with van der Waals surface area (Å²) in [6.07, 6.45) is 0. The Hall–Kier alpha value is -1.83. The van der Waals surface area contributed by atoms with Gasteiger partial charge in [0, 0.05) is 15.1 Å².